The molecule has 14 heavy (non-hydrogen) atoms. The fourth-order valence-corrected chi connectivity index (χ4v) is 2.60. The van der Waals surface area contributed by atoms with Gasteiger partial charge in [0.25, 0.3) is 0 Å². The first-order chi connectivity index (χ1) is 6.37. The number of hydrogen-bond donors (Lipinski definition) is 0. The summed E-state index contributed by atoms with van der Waals surface area (Å²) in [7, 11) is 0. The van der Waals surface area contributed by atoms with Gasteiger partial charge in [-0.15, -0.1) is 0 Å². The molecule has 0 saturated heterocycles. The maximum absolute atomic E-state index is 4.61. The van der Waals surface area contributed by atoms with E-state index in [1.165, 1.54) is 0 Å². The summed E-state index contributed by atoms with van der Waals surface area (Å²) in [6.07, 6.45) is 2.05. The van der Waals surface area contributed by atoms with Crippen molar-refractivity contribution in [1.82, 2.24) is 14.8 Å². The van der Waals surface area contributed by atoms with Gasteiger partial charge in [-0.2, -0.15) is 5.10 Å². The molecule has 1 aliphatic rings. The van der Waals surface area contributed by atoms with E-state index in [9.17, 15) is 0 Å². The normalized spacial score (nSPS) is 22.4. The highest BCUT2D eigenvalue weighted by Crippen LogP contribution is 2.42. The third-order valence-electron chi connectivity index (χ3n) is 3.02. The molecule has 1 aliphatic heterocycles. The quantitative estimate of drug-likeness (QED) is 0.685. The smallest absolute Gasteiger partial charge is 0.150 e. The van der Waals surface area contributed by atoms with Crippen molar-refractivity contribution in [2.75, 3.05) is 0 Å². The van der Waals surface area contributed by atoms with Crippen molar-refractivity contribution in [1.29, 1.82) is 0 Å². The van der Waals surface area contributed by atoms with Crippen LogP contribution in [0.5, 0.6) is 0 Å². The van der Waals surface area contributed by atoms with Crippen LogP contribution in [-0.2, 0) is 17.4 Å². The van der Waals surface area contributed by atoms with E-state index >= 15 is 0 Å². The van der Waals surface area contributed by atoms with Gasteiger partial charge in [0.2, 0.25) is 0 Å². The summed E-state index contributed by atoms with van der Waals surface area (Å²) in [5.74, 6) is 2.13. The van der Waals surface area contributed by atoms with Crippen LogP contribution in [0.2, 0.25) is 0 Å². The van der Waals surface area contributed by atoms with Gasteiger partial charge in [0.15, 0.2) is 5.82 Å². The molecule has 0 amide bonds. The van der Waals surface area contributed by atoms with Crippen LogP contribution in [0.1, 0.15) is 52.7 Å². The predicted octanol–water partition coefficient (Wildman–Crippen LogP) is 2.26. The molecule has 0 aliphatic carbocycles. The minimum Gasteiger partial charge on any atom is -0.244 e. The maximum atomic E-state index is 4.61. The first-order valence-corrected chi connectivity index (χ1v) is 5.34. The van der Waals surface area contributed by atoms with Crippen LogP contribution in [-0.4, -0.2) is 14.8 Å². The van der Waals surface area contributed by atoms with E-state index in [1.807, 2.05) is 0 Å². The SMILES string of the molecule is CCc1nc2n(n1)C(C)(C)CC2(C)C. The van der Waals surface area contributed by atoms with Gasteiger partial charge in [-0.25, -0.2) is 9.67 Å². The molecule has 0 saturated carbocycles. The van der Waals surface area contributed by atoms with E-state index in [-0.39, 0.29) is 11.0 Å². The average molecular weight is 193 g/mol. The van der Waals surface area contributed by atoms with Crippen LogP contribution in [0.3, 0.4) is 0 Å². The lowest BCUT2D eigenvalue weighted by Gasteiger charge is -2.21. The van der Waals surface area contributed by atoms with Gasteiger partial charge >= 0.3 is 0 Å². The van der Waals surface area contributed by atoms with Gasteiger partial charge in [0.05, 0.1) is 5.54 Å². The number of aryl methyl sites for hydroxylation is 1. The number of rotatable bonds is 1. The molecule has 78 valence electrons. The van der Waals surface area contributed by atoms with Gasteiger partial charge in [-0.3, -0.25) is 0 Å². The topological polar surface area (TPSA) is 30.7 Å². The molecule has 2 rings (SSSR count). The van der Waals surface area contributed by atoms with E-state index in [0.29, 0.717) is 0 Å². The van der Waals surface area contributed by atoms with Gasteiger partial charge in [0, 0.05) is 11.8 Å². The van der Waals surface area contributed by atoms with Crippen molar-refractivity contribution < 1.29 is 0 Å². The third-order valence-corrected chi connectivity index (χ3v) is 3.02. The van der Waals surface area contributed by atoms with Gasteiger partial charge in [0.1, 0.15) is 5.82 Å². The summed E-state index contributed by atoms with van der Waals surface area (Å²) >= 11 is 0. The largest absolute Gasteiger partial charge is 0.244 e. The molecular formula is C11H19N3. The lowest BCUT2D eigenvalue weighted by molar-refractivity contribution is 0.307. The molecule has 1 aromatic rings. The Morgan fingerprint density at radius 3 is 2.43 bits per heavy atom. The van der Waals surface area contributed by atoms with Crippen molar-refractivity contribution in [2.45, 2.75) is 58.4 Å². The lowest BCUT2D eigenvalue weighted by atomic mass is 9.84. The molecule has 0 aromatic carbocycles. The molecule has 0 radical (unpaired) electrons. The highest BCUT2D eigenvalue weighted by atomic mass is 15.4. The molecule has 2 heterocycles. The predicted molar refractivity (Wildman–Crippen MR) is 56.4 cm³/mol. The summed E-state index contributed by atoms with van der Waals surface area (Å²) in [4.78, 5) is 4.61. The van der Waals surface area contributed by atoms with Crippen LogP contribution in [0, 0.1) is 0 Å². The zero-order valence-corrected chi connectivity index (χ0v) is 9.76. The highest BCUT2D eigenvalue weighted by molar-refractivity contribution is 5.16. The molecule has 0 N–H and O–H groups in total. The second kappa shape index (κ2) is 2.59. The second-order valence-electron chi connectivity index (χ2n) is 5.49. The fourth-order valence-electron chi connectivity index (χ4n) is 2.60. The van der Waals surface area contributed by atoms with E-state index < -0.39 is 0 Å². The molecule has 0 unspecified atom stereocenters. The minimum absolute atomic E-state index is 0.124. The van der Waals surface area contributed by atoms with Crippen LogP contribution in [0.15, 0.2) is 0 Å². The maximum Gasteiger partial charge on any atom is 0.150 e. The van der Waals surface area contributed by atoms with E-state index in [2.05, 4.69) is 49.4 Å². The Kier molecular flexibility index (Phi) is 1.79. The zero-order chi connectivity index (χ0) is 10.6. The first-order valence-electron chi connectivity index (χ1n) is 5.34. The summed E-state index contributed by atoms with van der Waals surface area (Å²) in [6, 6.07) is 0. The van der Waals surface area contributed by atoms with Crippen LogP contribution < -0.4 is 0 Å². The Hall–Kier alpha value is -0.860. The van der Waals surface area contributed by atoms with Gasteiger partial charge < -0.3 is 0 Å². The monoisotopic (exact) mass is 193 g/mol. The summed E-state index contributed by atoms with van der Waals surface area (Å²) in [5, 5.41) is 4.56. The van der Waals surface area contributed by atoms with E-state index in [4.69, 9.17) is 0 Å². The Balaban J connectivity index is 2.56. The Bertz CT molecular complexity index is 329. The minimum atomic E-state index is 0.124. The third kappa shape index (κ3) is 1.18. The van der Waals surface area contributed by atoms with E-state index in [0.717, 1.165) is 24.5 Å². The first kappa shape index (κ1) is 9.69. The summed E-state index contributed by atoms with van der Waals surface area (Å²) in [5.41, 5.74) is 0.295. The fraction of sp³-hybridized carbons (Fsp3) is 0.818. The van der Waals surface area contributed by atoms with Crippen molar-refractivity contribution in [3.63, 3.8) is 0 Å². The summed E-state index contributed by atoms with van der Waals surface area (Å²) in [6.45, 7) is 11.1. The molecule has 0 spiro atoms. The summed E-state index contributed by atoms with van der Waals surface area (Å²) < 4.78 is 2.12. The van der Waals surface area contributed by atoms with Crippen molar-refractivity contribution in [3.05, 3.63) is 11.6 Å². The average Bonchev–Trinajstić information content (AvgIpc) is 2.51. The van der Waals surface area contributed by atoms with Crippen LogP contribution in [0.25, 0.3) is 0 Å². The molecular weight excluding hydrogens is 174 g/mol. The zero-order valence-electron chi connectivity index (χ0n) is 9.76. The Labute approximate surface area is 85.5 Å². The molecule has 3 nitrogen and oxygen atoms in total. The van der Waals surface area contributed by atoms with Gasteiger partial charge in [-0.05, 0) is 20.3 Å². The molecule has 0 bridgehead atoms. The Morgan fingerprint density at radius 2 is 1.93 bits per heavy atom. The number of hydrogen-bond acceptors (Lipinski definition) is 2. The second-order valence-corrected chi connectivity index (χ2v) is 5.49. The number of nitrogens with zero attached hydrogens (tertiary/aromatic N) is 3. The highest BCUT2D eigenvalue weighted by Gasteiger charge is 2.44. The molecule has 3 heteroatoms. The van der Waals surface area contributed by atoms with Crippen molar-refractivity contribution >= 4 is 0 Å². The molecule has 0 fully saturated rings. The van der Waals surface area contributed by atoms with Crippen LogP contribution in [0.4, 0.5) is 0 Å². The van der Waals surface area contributed by atoms with Crippen LogP contribution >= 0.6 is 0 Å². The van der Waals surface area contributed by atoms with E-state index in [1.54, 1.807) is 0 Å². The number of aromatic nitrogens is 3. The molecule has 0 atom stereocenters. The van der Waals surface area contributed by atoms with Gasteiger partial charge in [-0.1, -0.05) is 20.8 Å². The standard InChI is InChI=1S/C11H19N3/c1-6-8-12-9-10(2,3)7-11(4,5)14(9)13-8/h6-7H2,1-5H3. The van der Waals surface area contributed by atoms with Crippen molar-refractivity contribution in [2.24, 2.45) is 0 Å². The lowest BCUT2D eigenvalue weighted by Crippen LogP contribution is -2.24. The molecule has 1 aromatic heterocycles. The van der Waals surface area contributed by atoms with Crippen molar-refractivity contribution in [3.8, 4) is 0 Å². The number of fused-ring (bicyclic) bond motifs is 1. The Morgan fingerprint density at radius 1 is 1.29 bits per heavy atom.